The number of thiazole rings is 1. The minimum atomic E-state index is -0.455. The van der Waals surface area contributed by atoms with Crippen LogP contribution in [0, 0.1) is 0 Å². The van der Waals surface area contributed by atoms with E-state index in [1.165, 1.54) is 18.4 Å². The average molecular weight is 371 g/mol. The molecule has 0 saturated carbocycles. The topological polar surface area (TPSA) is 69.7 Å². The van der Waals surface area contributed by atoms with Crippen molar-refractivity contribution >= 4 is 34.6 Å². The van der Waals surface area contributed by atoms with Crippen molar-refractivity contribution in [3.63, 3.8) is 0 Å². The van der Waals surface area contributed by atoms with Gasteiger partial charge < -0.3 is 19.5 Å². The van der Waals surface area contributed by atoms with Crippen molar-refractivity contribution in [2.75, 3.05) is 25.6 Å². The molecule has 0 aliphatic heterocycles. The molecule has 0 atom stereocenters. The lowest BCUT2D eigenvalue weighted by Gasteiger charge is -2.16. The van der Waals surface area contributed by atoms with Crippen LogP contribution in [0.25, 0.3) is 0 Å². The minimum absolute atomic E-state index is 0.375. The molecule has 1 N–H and O–H groups in total. The number of methoxy groups -OCH3 is 1. The van der Waals surface area contributed by atoms with E-state index in [1.54, 1.807) is 18.3 Å². The molecule has 0 unspecified atom stereocenters. The monoisotopic (exact) mass is 370 g/mol. The molecule has 6 nitrogen and oxygen atoms in total. The molecule has 0 bridgehead atoms. The van der Waals surface area contributed by atoms with Crippen molar-refractivity contribution in [1.29, 1.82) is 0 Å². The Morgan fingerprint density at radius 3 is 2.46 bits per heavy atom. The summed E-state index contributed by atoms with van der Waals surface area (Å²) in [6.07, 6.45) is 1.69. The fraction of sp³-hybridized carbons (Fsp3) is 0.375. The van der Waals surface area contributed by atoms with Crippen LogP contribution in [0.5, 0.6) is 11.5 Å². The van der Waals surface area contributed by atoms with Crippen molar-refractivity contribution in [2.45, 2.75) is 20.4 Å². The Hall–Kier alpha value is -1.99. The summed E-state index contributed by atoms with van der Waals surface area (Å²) in [6.45, 7) is 5.19. The molecule has 0 amide bonds. The molecule has 8 heteroatoms. The maximum atomic E-state index is 12.1. The number of aromatic nitrogens is 1. The van der Waals surface area contributed by atoms with E-state index in [9.17, 15) is 4.79 Å². The lowest BCUT2D eigenvalue weighted by molar-refractivity contribution is 0.0601. The van der Waals surface area contributed by atoms with Gasteiger partial charge in [0, 0.05) is 23.2 Å². The number of esters is 1. The molecular formula is C16H19ClN2O4S. The molecule has 24 heavy (non-hydrogen) atoms. The van der Waals surface area contributed by atoms with E-state index in [2.05, 4.69) is 10.3 Å². The number of rotatable bonds is 8. The number of halogens is 1. The van der Waals surface area contributed by atoms with E-state index < -0.39 is 5.97 Å². The number of benzene rings is 1. The van der Waals surface area contributed by atoms with Crippen molar-refractivity contribution in [3.8, 4) is 11.5 Å². The smallest absolute Gasteiger partial charge is 0.340 e. The van der Waals surface area contributed by atoms with Gasteiger partial charge in [0.05, 0.1) is 38.1 Å². The van der Waals surface area contributed by atoms with Gasteiger partial charge in [0.1, 0.15) is 0 Å². The molecule has 1 aromatic heterocycles. The summed E-state index contributed by atoms with van der Waals surface area (Å²) < 4.78 is 16.5. The van der Waals surface area contributed by atoms with Crippen LogP contribution in [0.15, 0.2) is 18.3 Å². The molecule has 0 aliphatic carbocycles. The van der Waals surface area contributed by atoms with Gasteiger partial charge in [-0.3, -0.25) is 0 Å². The second-order valence-electron chi connectivity index (χ2n) is 4.64. The number of ether oxygens (including phenoxy) is 3. The molecule has 2 aromatic rings. The van der Waals surface area contributed by atoms with Gasteiger partial charge in [0.2, 0.25) is 0 Å². The van der Waals surface area contributed by atoms with Crippen LogP contribution in [0.2, 0.25) is 4.47 Å². The van der Waals surface area contributed by atoms with Crippen LogP contribution in [-0.2, 0) is 11.3 Å². The molecule has 0 saturated heterocycles. The van der Waals surface area contributed by atoms with Crippen molar-refractivity contribution < 1.29 is 19.0 Å². The third kappa shape index (κ3) is 4.52. The summed E-state index contributed by atoms with van der Waals surface area (Å²) in [4.78, 5) is 17.0. The molecular weight excluding hydrogens is 352 g/mol. The molecule has 1 aromatic carbocycles. The molecule has 2 rings (SSSR count). The summed E-state index contributed by atoms with van der Waals surface area (Å²) in [5.41, 5.74) is 0.971. The lowest BCUT2D eigenvalue weighted by Crippen LogP contribution is -2.10. The fourth-order valence-corrected chi connectivity index (χ4v) is 2.99. The Morgan fingerprint density at radius 1 is 1.25 bits per heavy atom. The molecule has 0 radical (unpaired) electrons. The van der Waals surface area contributed by atoms with Gasteiger partial charge >= 0.3 is 5.97 Å². The van der Waals surface area contributed by atoms with Gasteiger partial charge in [-0.15, -0.1) is 11.3 Å². The number of nitrogens with one attached hydrogen (secondary N) is 1. The highest BCUT2D eigenvalue weighted by Crippen LogP contribution is 2.35. The standard InChI is InChI=1S/C16H19ClN2O4S/c1-4-22-13-6-11(15(20)21-3)12(7-14(13)23-5-2)18-8-10-9-19-16(17)24-10/h6-7,9,18H,4-5,8H2,1-3H3. The Kier molecular flexibility index (Phi) is 6.69. The first-order valence-corrected chi connectivity index (χ1v) is 8.64. The zero-order valence-electron chi connectivity index (χ0n) is 13.7. The van der Waals surface area contributed by atoms with E-state index in [0.717, 1.165) is 4.88 Å². The highest BCUT2D eigenvalue weighted by Gasteiger charge is 2.18. The van der Waals surface area contributed by atoms with Crippen LogP contribution in [0.4, 0.5) is 5.69 Å². The second kappa shape index (κ2) is 8.75. The van der Waals surface area contributed by atoms with E-state index in [0.29, 0.717) is 47.0 Å². The van der Waals surface area contributed by atoms with Crippen LogP contribution in [0.1, 0.15) is 29.1 Å². The quantitative estimate of drug-likeness (QED) is 0.708. The second-order valence-corrected chi connectivity index (χ2v) is 6.33. The van der Waals surface area contributed by atoms with Gasteiger partial charge in [0.25, 0.3) is 0 Å². The van der Waals surface area contributed by atoms with Crippen LogP contribution >= 0.6 is 22.9 Å². The van der Waals surface area contributed by atoms with Gasteiger partial charge in [-0.1, -0.05) is 11.6 Å². The Bertz CT molecular complexity index is 705. The minimum Gasteiger partial charge on any atom is -0.490 e. The maximum absolute atomic E-state index is 12.1. The van der Waals surface area contributed by atoms with Crippen molar-refractivity contribution in [2.24, 2.45) is 0 Å². The van der Waals surface area contributed by atoms with Crippen LogP contribution in [0.3, 0.4) is 0 Å². The number of hydrogen-bond acceptors (Lipinski definition) is 7. The van der Waals surface area contributed by atoms with Crippen molar-refractivity contribution in [1.82, 2.24) is 4.98 Å². The van der Waals surface area contributed by atoms with Crippen LogP contribution < -0.4 is 14.8 Å². The van der Waals surface area contributed by atoms with Gasteiger partial charge in [-0.05, 0) is 13.8 Å². The zero-order chi connectivity index (χ0) is 17.5. The highest BCUT2D eigenvalue weighted by atomic mass is 35.5. The number of anilines is 1. The van der Waals surface area contributed by atoms with E-state index in [1.807, 2.05) is 13.8 Å². The summed E-state index contributed by atoms with van der Waals surface area (Å²) in [5, 5.41) is 3.20. The van der Waals surface area contributed by atoms with Crippen molar-refractivity contribution in [3.05, 3.63) is 33.2 Å². The predicted molar refractivity (Wildman–Crippen MR) is 94.6 cm³/mol. The summed E-state index contributed by atoms with van der Waals surface area (Å²) in [7, 11) is 1.34. The molecule has 0 fully saturated rings. The summed E-state index contributed by atoms with van der Waals surface area (Å²) in [5.74, 6) is 0.617. The van der Waals surface area contributed by atoms with Crippen LogP contribution in [-0.4, -0.2) is 31.3 Å². The third-order valence-electron chi connectivity index (χ3n) is 3.07. The first-order chi connectivity index (χ1) is 11.6. The Balaban J connectivity index is 2.34. The highest BCUT2D eigenvalue weighted by molar-refractivity contribution is 7.15. The largest absolute Gasteiger partial charge is 0.490 e. The van der Waals surface area contributed by atoms with Gasteiger partial charge in [0.15, 0.2) is 16.0 Å². The fourth-order valence-electron chi connectivity index (χ4n) is 2.07. The first kappa shape index (κ1) is 18.4. The molecule has 0 spiro atoms. The molecule has 0 aliphatic rings. The van der Waals surface area contributed by atoms with E-state index in [4.69, 9.17) is 25.8 Å². The maximum Gasteiger partial charge on any atom is 0.340 e. The summed E-state index contributed by atoms with van der Waals surface area (Å²) >= 11 is 7.21. The zero-order valence-corrected chi connectivity index (χ0v) is 15.3. The SMILES string of the molecule is CCOc1cc(NCc2cnc(Cl)s2)c(C(=O)OC)cc1OCC. The predicted octanol–water partition coefficient (Wildman–Crippen LogP) is 3.99. The molecule has 1 heterocycles. The number of nitrogens with zero attached hydrogens (tertiary/aromatic N) is 1. The van der Waals surface area contributed by atoms with Gasteiger partial charge in [-0.25, -0.2) is 9.78 Å². The third-order valence-corrected chi connectivity index (χ3v) is 4.18. The van der Waals surface area contributed by atoms with E-state index in [-0.39, 0.29) is 0 Å². The Labute approximate surface area is 149 Å². The normalized spacial score (nSPS) is 10.3. The van der Waals surface area contributed by atoms with Gasteiger partial charge in [-0.2, -0.15) is 0 Å². The number of carbonyl (C=O) groups is 1. The average Bonchev–Trinajstić information content (AvgIpc) is 2.99. The molecule has 130 valence electrons. The van der Waals surface area contributed by atoms with E-state index >= 15 is 0 Å². The number of carbonyl (C=O) groups excluding carboxylic acids is 1. The summed E-state index contributed by atoms with van der Waals surface area (Å²) in [6, 6.07) is 3.37. The lowest BCUT2D eigenvalue weighted by atomic mass is 10.1. The number of hydrogen-bond donors (Lipinski definition) is 1. The Morgan fingerprint density at radius 2 is 1.92 bits per heavy atom. The first-order valence-electron chi connectivity index (χ1n) is 7.45.